The Labute approximate surface area is 190 Å². The number of nitrogens with zero attached hydrogens (tertiary/aromatic N) is 5. The van der Waals surface area contributed by atoms with E-state index < -0.39 is 6.43 Å². The zero-order valence-corrected chi connectivity index (χ0v) is 19.1. The quantitative estimate of drug-likeness (QED) is 0.530. The van der Waals surface area contributed by atoms with Crippen molar-refractivity contribution in [3.8, 4) is 10.6 Å². The van der Waals surface area contributed by atoms with E-state index >= 15 is 0 Å². The Morgan fingerprint density at radius 1 is 1.22 bits per heavy atom. The van der Waals surface area contributed by atoms with Crippen LogP contribution in [0, 0.1) is 6.92 Å². The third kappa shape index (κ3) is 5.27. The van der Waals surface area contributed by atoms with Gasteiger partial charge in [0.05, 0.1) is 18.7 Å². The highest BCUT2D eigenvalue weighted by molar-refractivity contribution is 7.14. The van der Waals surface area contributed by atoms with Gasteiger partial charge in [0.15, 0.2) is 0 Å². The van der Waals surface area contributed by atoms with Crippen molar-refractivity contribution in [2.24, 2.45) is 0 Å². The van der Waals surface area contributed by atoms with E-state index in [9.17, 15) is 13.6 Å². The van der Waals surface area contributed by atoms with Crippen LogP contribution in [-0.2, 0) is 11.2 Å². The molecule has 6 nitrogen and oxygen atoms in total. The molecule has 0 radical (unpaired) electrons. The average Bonchev–Trinajstić information content (AvgIpc) is 3.23. The highest BCUT2D eigenvalue weighted by Crippen LogP contribution is 2.27. The first-order chi connectivity index (χ1) is 15.4. The molecule has 0 atom stereocenters. The summed E-state index contributed by atoms with van der Waals surface area (Å²) in [6.45, 7) is 5.42. The Balaban J connectivity index is 1.40. The van der Waals surface area contributed by atoms with Crippen molar-refractivity contribution in [1.82, 2.24) is 25.0 Å². The molecular weight excluding hydrogens is 432 g/mol. The number of fused-ring (bicyclic) bond motifs is 1. The van der Waals surface area contributed by atoms with Gasteiger partial charge in [-0.1, -0.05) is 30.4 Å². The molecule has 0 bridgehead atoms. The zero-order valence-electron chi connectivity index (χ0n) is 18.3. The number of alkyl halides is 2. The fourth-order valence-electron chi connectivity index (χ4n) is 4.29. The van der Waals surface area contributed by atoms with Crippen molar-refractivity contribution in [2.45, 2.75) is 45.6 Å². The highest BCUT2D eigenvalue weighted by atomic mass is 32.1. The second-order valence-electron chi connectivity index (χ2n) is 8.13. The molecule has 3 heterocycles. The van der Waals surface area contributed by atoms with Crippen LogP contribution in [-0.4, -0.2) is 69.5 Å². The summed E-state index contributed by atoms with van der Waals surface area (Å²) in [4.78, 5) is 21.0. The Hall–Kier alpha value is -2.52. The molecule has 170 valence electrons. The summed E-state index contributed by atoms with van der Waals surface area (Å²) in [6.07, 6.45) is 1.15. The van der Waals surface area contributed by atoms with Crippen LogP contribution in [0.4, 0.5) is 8.78 Å². The summed E-state index contributed by atoms with van der Waals surface area (Å²) in [7, 11) is 0. The molecule has 1 aliphatic rings. The maximum Gasteiger partial charge on any atom is 0.251 e. The molecule has 1 amide bonds. The minimum atomic E-state index is -2.33. The van der Waals surface area contributed by atoms with Gasteiger partial charge in [0.25, 0.3) is 6.43 Å². The van der Waals surface area contributed by atoms with Gasteiger partial charge in [-0.3, -0.25) is 14.7 Å². The smallest absolute Gasteiger partial charge is 0.251 e. The molecular formula is C23H27F2N5OS. The summed E-state index contributed by atoms with van der Waals surface area (Å²) in [5.74, 6) is 0.0307. The minimum Gasteiger partial charge on any atom is -0.342 e. The largest absolute Gasteiger partial charge is 0.342 e. The van der Waals surface area contributed by atoms with Crippen molar-refractivity contribution < 1.29 is 13.6 Å². The van der Waals surface area contributed by atoms with Crippen molar-refractivity contribution in [3.05, 3.63) is 41.2 Å². The molecule has 3 aromatic rings. The molecule has 4 rings (SSSR count). The lowest BCUT2D eigenvalue weighted by Gasteiger charge is -2.38. The number of amides is 1. The standard InChI is InChI=1S/C23H27F2N5OS/c1-3-29(14-21(24)25)20-6-8-30(9-7-20)22(31)12-19-11-18-10-16(4-5-17(18)13-26-19)23-28-27-15(2)32-23/h4-5,10-11,13,20-21H,3,6-9,12,14H2,1-2H3. The second-order valence-corrected chi connectivity index (χ2v) is 9.31. The minimum absolute atomic E-state index is 0.0307. The van der Waals surface area contributed by atoms with Gasteiger partial charge in [0.2, 0.25) is 5.91 Å². The highest BCUT2D eigenvalue weighted by Gasteiger charge is 2.27. The fraction of sp³-hybridized carbons (Fsp3) is 0.478. The normalized spacial score (nSPS) is 15.2. The third-order valence-corrected chi connectivity index (χ3v) is 6.88. The number of hydrogen-bond acceptors (Lipinski definition) is 6. The van der Waals surface area contributed by atoms with E-state index in [2.05, 4.69) is 21.2 Å². The fourth-order valence-corrected chi connectivity index (χ4v) is 4.98. The third-order valence-electron chi connectivity index (χ3n) is 6.00. The maximum atomic E-state index is 12.9. The first kappa shape index (κ1) is 22.7. The molecule has 2 aromatic heterocycles. The Morgan fingerprint density at radius 3 is 2.66 bits per heavy atom. The first-order valence-corrected chi connectivity index (χ1v) is 11.7. The van der Waals surface area contributed by atoms with Gasteiger partial charge >= 0.3 is 0 Å². The van der Waals surface area contributed by atoms with E-state index in [1.807, 2.05) is 41.8 Å². The van der Waals surface area contributed by atoms with Gasteiger partial charge in [-0.2, -0.15) is 0 Å². The van der Waals surface area contributed by atoms with Gasteiger partial charge in [-0.15, -0.1) is 10.2 Å². The first-order valence-electron chi connectivity index (χ1n) is 10.9. The number of rotatable bonds is 7. The number of pyridine rings is 1. The molecule has 0 spiro atoms. The van der Waals surface area contributed by atoms with Crippen LogP contribution < -0.4 is 0 Å². The van der Waals surface area contributed by atoms with E-state index in [0.29, 0.717) is 19.6 Å². The summed E-state index contributed by atoms with van der Waals surface area (Å²) >= 11 is 1.55. The van der Waals surface area contributed by atoms with Crippen LogP contribution >= 0.6 is 11.3 Å². The van der Waals surface area contributed by atoms with Crippen LogP contribution in [0.25, 0.3) is 21.3 Å². The second kappa shape index (κ2) is 9.95. The number of halogens is 2. The predicted molar refractivity (Wildman–Crippen MR) is 122 cm³/mol. The van der Waals surface area contributed by atoms with Gasteiger partial charge in [0.1, 0.15) is 10.0 Å². The number of aryl methyl sites for hydroxylation is 1. The Bertz CT molecular complexity index is 1080. The number of likely N-dealkylation sites (tertiary alicyclic amines) is 1. The molecule has 1 aromatic carbocycles. The number of piperidine rings is 1. The lowest BCUT2D eigenvalue weighted by molar-refractivity contribution is -0.132. The molecule has 0 aliphatic carbocycles. The Morgan fingerprint density at radius 2 is 2.00 bits per heavy atom. The number of carbonyl (C=O) groups is 1. The molecule has 1 saturated heterocycles. The molecule has 32 heavy (non-hydrogen) atoms. The van der Waals surface area contributed by atoms with Crippen LogP contribution in [0.15, 0.2) is 30.5 Å². The van der Waals surface area contributed by atoms with E-state index in [1.54, 1.807) is 17.5 Å². The molecule has 0 unspecified atom stereocenters. The number of aromatic nitrogens is 3. The van der Waals surface area contributed by atoms with E-state index in [-0.39, 0.29) is 24.9 Å². The van der Waals surface area contributed by atoms with E-state index in [0.717, 1.165) is 44.9 Å². The van der Waals surface area contributed by atoms with Gasteiger partial charge < -0.3 is 4.90 Å². The van der Waals surface area contributed by atoms with Crippen molar-refractivity contribution >= 4 is 28.0 Å². The summed E-state index contributed by atoms with van der Waals surface area (Å²) in [6, 6.07) is 8.13. The van der Waals surface area contributed by atoms with Gasteiger partial charge in [0, 0.05) is 36.3 Å². The summed E-state index contributed by atoms with van der Waals surface area (Å²) < 4.78 is 25.6. The summed E-state index contributed by atoms with van der Waals surface area (Å²) in [5.41, 5.74) is 1.72. The molecule has 1 fully saturated rings. The lowest BCUT2D eigenvalue weighted by Crippen LogP contribution is -2.48. The topological polar surface area (TPSA) is 62.2 Å². The average molecular weight is 460 g/mol. The van der Waals surface area contributed by atoms with E-state index in [4.69, 9.17) is 0 Å². The van der Waals surface area contributed by atoms with Gasteiger partial charge in [-0.05, 0) is 43.8 Å². The van der Waals surface area contributed by atoms with Crippen molar-refractivity contribution in [3.63, 3.8) is 0 Å². The van der Waals surface area contributed by atoms with Crippen LogP contribution in [0.3, 0.4) is 0 Å². The number of benzene rings is 1. The SMILES string of the molecule is CCN(CC(F)F)C1CCN(C(=O)Cc2cc3cc(-c4nnc(C)s4)ccc3cn2)CC1. The van der Waals surface area contributed by atoms with Crippen LogP contribution in [0.2, 0.25) is 0 Å². The van der Waals surface area contributed by atoms with Crippen LogP contribution in [0.5, 0.6) is 0 Å². The predicted octanol–water partition coefficient (Wildman–Crippen LogP) is 4.18. The molecule has 0 saturated carbocycles. The Kier molecular flexibility index (Phi) is 7.05. The molecule has 9 heteroatoms. The van der Waals surface area contributed by atoms with Crippen molar-refractivity contribution in [1.29, 1.82) is 0 Å². The van der Waals surface area contributed by atoms with Crippen LogP contribution in [0.1, 0.15) is 30.5 Å². The maximum absolute atomic E-state index is 12.9. The zero-order chi connectivity index (χ0) is 22.7. The van der Waals surface area contributed by atoms with Crippen molar-refractivity contribution in [2.75, 3.05) is 26.2 Å². The number of carbonyl (C=O) groups excluding carboxylic acids is 1. The number of hydrogen-bond donors (Lipinski definition) is 0. The van der Waals surface area contributed by atoms with E-state index in [1.165, 1.54) is 0 Å². The van der Waals surface area contributed by atoms with Gasteiger partial charge in [-0.25, -0.2) is 8.78 Å². The summed E-state index contributed by atoms with van der Waals surface area (Å²) in [5, 5.41) is 12.1. The lowest BCUT2D eigenvalue weighted by atomic mass is 10.0. The monoisotopic (exact) mass is 459 g/mol. The molecule has 0 N–H and O–H groups in total. The molecule has 1 aliphatic heterocycles.